The molecule has 0 amide bonds. The second kappa shape index (κ2) is 7.10. The van der Waals surface area contributed by atoms with Gasteiger partial charge in [-0.3, -0.25) is 0 Å². The van der Waals surface area contributed by atoms with Crippen molar-refractivity contribution in [3.05, 3.63) is 70.5 Å². The number of nitrogens with zero attached hydrogens (tertiary/aromatic N) is 1. The highest BCUT2D eigenvalue weighted by molar-refractivity contribution is 5.85. The molecule has 1 aliphatic heterocycles. The lowest BCUT2D eigenvalue weighted by molar-refractivity contribution is -0.0126. The van der Waals surface area contributed by atoms with Gasteiger partial charge < -0.3 is 10.5 Å². The summed E-state index contributed by atoms with van der Waals surface area (Å²) in [6.45, 7) is -3.17. The van der Waals surface area contributed by atoms with Gasteiger partial charge in [-0.25, -0.2) is 4.39 Å². The van der Waals surface area contributed by atoms with Crippen LogP contribution in [0.3, 0.4) is 0 Å². The minimum absolute atomic E-state index is 0. The Bertz CT molecular complexity index is 958. The summed E-state index contributed by atoms with van der Waals surface area (Å²) in [5.74, 6) is -0.574. The quantitative estimate of drug-likeness (QED) is 0.926. The zero-order valence-corrected chi connectivity index (χ0v) is 12.8. The van der Waals surface area contributed by atoms with Crippen LogP contribution in [0.5, 0.6) is 0 Å². The van der Waals surface area contributed by atoms with Crippen molar-refractivity contribution in [1.82, 2.24) is 0 Å². The molecule has 0 radical (unpaired) electrons. The third kappa shape index (κ3) is 3.09. The van der Waals surface area contributed by atoms with Gasteiger partial charge in [-0.05, 0) is 60.2 Å². The van der Waals surface area contributed by atoms with Gasteiger partial charge in [0.2, 0.25) is 0 Å². The van der Waals surface area contributed by atoms with Gasteiger partial charge in [0.15, 0.2) is 0 Å². The summed E-state index contributed by atoms with van der Waals surface area (Å²) in [4.78, 5) is 0. The van der Waals surface area contributed by atoms with E-state index in [2.05, 4.69) is 0 Å². The van der Waals surface area contributed by atoms with E-state index in [-0.39, 0.29) is 30.1 Å². The van der Waals surface area contributed by atoms with Crippen LogP contribution in [0.15, 0.2) is 42.5 Å². The first kappa shape index (κ1) is 10.8. The molecule has 120 valence electrons. The van der Waals surface area contributed by atoms with E-state index in [9.17, 15) is 4.39 Å². The Labute approximate surface area is 149 Å². The smallest absolute Gasteiger partial charge is 0.123 e. The van der Waals surface area contributed by atoms with Crippen LogP contribution in [0, 0.1) is 17.1 Å². The Hall–Kier alpha value is -1.93. The van der Waals surface area contributed by atoms with Crippen LogP contribution in [-0.2, 0) is 16.9 Å². The molecule has 23 heavy (non-hydrogen) atoms. The molecule has 0 saturated heterocycles. The van der Waals surface area contributed by atoms with E-state index in [1.165, 1.54) is 30.3 Å². The van der Waals surface area contributed by atoms with E-state index in [4.69, 9.17) is 24.0 Å². The van der Waals surface area contributed by atoms with Crippen molar-refractivity contribution in [3.8, 4) is 6.07 Å². The molecular formula is C18H18ClFN2O. The zero-order valence-electron chi connectivity index (χ0n) is 18.0. The minimum Gasteiger partial charge on any atom is -0.361 e. The third-order valence-electron chi connectivity index (χ3n) is 3.62. The SMILES string of the molecule is Cl.[2H]C([2H])(N)C([2H])([2H])C([2H])([2H])C1(c2ccc(F)cc2)OCc2cc(C#N)ccc21. The maximum atomic E-state index is 13.5. The zero-order chi connectivity index (χ0) is 21.0. The van der Waals surface area contributed by atoms with Crippen molar-refractivity contribution < 1.29 is 17.4 Å². The summed E-state index contributed by atoms with van der Waals surface area (Å²) < 4.78 is 68.2. The first-order chi connectivity index (χ1) is 12.9. The average Bonchev–Trinajstić information content (AvgIpc) is 3.01. The molecule has 2 aromatic carbocycles. The lowest BCUT2D eigenvalue weighted by atomic mass is 9.81. The summed E-state index contributed by atoms with van der Waals surface area (Å²) in [5.41, 5.74) is 4.37. The third-order valence-corrected chi connectivity index (χ3v) is 3.62. The Morgan fingerprint density at radius 3 is 2.70 bits per heavy atom. The van der Waals surface area contributed by atoms with Crippen LogP contribution in [0.2, 0.25) is 0 Å². The number of ether oxygens (including phenoxy) is 1. The molecule has 0 saturated carbocycles. The molecule has 1 atom stereocenters. The van der Waals surface area contributed by atoms with Crippen molar-refractivity contribution in [2.24, 2.45) is 5.73 Å². The Morgan fingerprint density at radius 1 is 1.30 bits per heavy atom. The summed E-state index contributed by atoms with van der Waals surface area (Å²) in [7, 11) is 0. The van der Waals surface area contributed by atoms with Gasteiger partial charge in [0, 0.05) is 8.22 Å². The van der Waals surface area contributed by atoms with Gasteiger partial charge >= 0.3 is 0 Å². The topological polar surface area (TPSA) is 59.0 Å². The second-order valence-electron chi connectivity index (χ2n) is 4.85. The number of halogens is 2. The Morgan fingerprint density at radius 2 is 2.04 bits per heavy atom. The fourth-order valence-electron chi connectivity index (χ4n) is 2.61. The highest BCUT2D eigenvalue weighted by Gasteiger charge is 2.41. The van der Waals surface area contributed by atoms with Crippen molar-refractivity contribution in [3.63, 3.8) is 0 Å². The minimum atomic E-state index is -3.19. The van der Waals surface area contributed by atoms with E-state index in [1.807, 2.05) is 6.07 Å². The molecule has 0 spiro atoms. The highest BCUT2D eigenvalue weighted by Crippen LogP contribution is 2.45. The number of hydrogen-bond acceptors (Lipinski definition) is 3. The molecule has 0 aliphatic carbocycles. The molecule has 3 rings (SSSR count). The van der Waals surface area contributed by atoms with Gasteiger partial charge in [0.25, 0.3) is 0 Å². The molecule has 0 bridgehead atoms. The van der Waals surface area contributed by atoms with E-state index in [0.717, 1.165) is 12.1 Å². The molecular weight excluding hydrogens is 315 g/mol. The lowest BCUT2D eigenvalue weighted by Crippen LogP contribution is -2.28. The van der Waals surface area contributed by atoms with Crippen LogP contribution < -0.4 is 5.73 Å². The van der Waals surface area contributed by atoms with E-state index in [0.29, 0.717) is 11.1 Å². The Kier molecular flexibility index (Phi) is 3.32. The standard InChI is InChI=1S/C18H17FN2O.ClH/c19-16-5-3-15(4-6-16)18(8-1-9-20)17-7-2-13(11-21)10-14(17)12-22-18;/h2-7,10H,1,8-9,12,20H2;1H/i1D2,8D2,9D2;. The summed E-state index contributed by atoms with van der Waals surface area (Å²) >= 11 is 0. The Balaban J connectivity index is 0.00000300. The van der Waals surface area contributed by atoms with Crippen molar-refractivity contribution in [1.29, 1.82) is 5.26 Å². The van der Waals surface area contributed by atoms with Crippen LogP contribution >= 0.6 is 12.4 Å². The fraction of sp³-hybridized carbons (Fsp3) is 0.278. The maximum Gasteiger partial charge on any atom is 0.123 e. The van der Waals surface area contributed by atoms with E-state index < -0.39 is 30.7 Å². The van der Waals surface area contributed by atoms with Gasteiger partial charge in [0.05, 0.1) is 18.2 Å². The normalized spacial score (nSPS) is 24.6. The molecule has 1 aliphatic rings. The van der Waals surface area contributed by atoms with Crippen molar-refractivity contribution >= 4 is 12.4 Å². The first-order valence-corrected chi connectivity index (χ1v) is 6.61. The largest absolute Gasteiger partial charge is 0.361 e. The number of fused-ring (bicyclic) bond motifs is 1. The lowest BCUT2D eigenvalue weighted by Gasteiger charge is -2.30. The number of nitrogens with two attached hydrogens (primary N) is 1. The maximum absolute atomic E-state index is 13.5. The predicted octanol–water partition coefficient (Wildman–Crippen LogP) is 3.63. The predicted molar refractivity (Wildman–Crippen MR) is 88.7 cm³/mol. The fourth-order valence-corrected chi connectivity index (χ4v) is 2.61. The number of benzene rings is 2. The molecule has 2 N–H and O–H groups in total. The molecule has 0 fully saturated rings. The molecule has 0 aromatic heterocycles. The molecule has 1 unspecified atom stereocenters. The molecule has 5 heteroatoms. The van der Waals surface area contributed by atoms with Crippen molar-refractivity contribution in [2.75, 3.05) is 6.50 Å². The second-order valence-corrected chi connectivity index (χ2v) is 4.85. The number of nitriles is 1. The van der Waals surface area contributed by atoms with Gasteiger partial charge in [-0.15, -0.1) is 12.4 Å². The highest BCUT2D eigenvalue weighted by atomic mass is 35.5. The van der Waals surface area contributed by atoms with Gasteiger partial charge in [0.1, 0.15) is 11.4 Å². The summed E-state index contributed by atoms with van der Waals surface area (Å²) in [6.07, 6.45) is -6.20. The van der Waals surface area contributed by atoms with Gasteiger partial charge in [-0.2, -0.15) is 5.26 Å². The molecule has 2 aromatic rings. The monoisotopic (exact) mass is 338 g/mol. The average molecular weight is 339 g/mol. The van der Waals surface area contributed by atoms with Crippen LogP contribution in [0.1, 0.15) is 43.2 Å². The number of hydrogen-bond donors (Lipinski definition) is 1. The summed E-state index contributed by atoms with van der Waals surface area (Å²) in [5, 5.41) is 9.11. The number of rotatable bonds is 4. The van der Waals surface area contributed by atoms with E-state index in [1.54, 1.807) is 0 Å². The van der Waals surface area contributed by atoms with Crippen molar-refractivity contribution in [2.45, 2.75) is 25.0 Å². The van der Waals surface area contributed by atoms with E-state index >= 15 is 0 Å². The molecule has 1 heterocycles. The van der Waals surface area contributed by atoms with Crippen LogP contribution in [0.4, 0.5) is 4.39 Å². The van der Waals surface area contributed by atoms with Crippen LogP contribution in [-0.4, -0.2) is 6.50 Å². The van der Waals surface area contributed by atoms with Crippen LogP contribution in [0.25, 0.3) is 0 Å². The summed E-state index contributed by atoms with van der Waals surface area (Å²) in [6, 6.07) is 11.1. The van der Waals surface area contributed by atoms with Gasteiger partial charge in [-0.1, -0.05) is 18.2 Å². The first-order valence-electron chi connectivity index (χ1n) is 9.61. The molecule has 3 nitrogen and oxygen atoms in total.